The van der Waals surface area contributed by atoms with Crippen LogP contribution in [0.3, 0.4) is 0 Å². The van der Waals surface area contributed by atoms with E-state index >= 15 is 0 Å². The van der Waals surface area contributed by atoms with Crippen LogP contribution < -0.4 is 19.7 Å². The summed E-state index contributed by atoms with van der Waals surface area (Å²) >= 11 is 8.71. The normalized spacial score (nSPS) is 15.1. The van der Waals surface area contributed by atoms with Gasteiger partial charge in [-0.1, -0.05) is 19.1 Å². The third-order valence-corrected chi connectivity index (χ3v) is 4.86. The first kappa shape index (κ1) is 20.3. The highest BCUT2D eigenvalue weighted by atomic mass is 79.9. The van der Waals surface area contributed by atoms with Crippen molar-refractivity contribution in [2.45, 2.75) is 13.3 Å². The second kappa shape index (κ2) is 8.70. The average molecular weight is 465 g/mol. The first-order valence-electron chi connectivity index (χ1n) is 8.58. The Kier molecular flexibility index (Phi) is 6.31. The van der Waals surface area contributed by atoms with Crippen LogP contribution in [0.15, 0.2) is 46.6 Å². The summed E-state index contributed by atoms with van der Waals surface area (Å²) in [5.41, 5.74) is 1.04. The fourth-order valence-electron chi connectivity index (χ4n) is 2.72. The minimum absolute atomic E-state index is 0.107. The Morgan fingerprint density at radius 3 is 2.75 bits per heavy atom. The van der Waals surface area contributed by atoms with Crippen molar-refractivity contribution in [3.63, 3.8) is 0 Å². The van der Waals surface area contributed by atoms with Crippen LogP contribution in [-0.4, -0.2) is 24.7 Å². The number of nitrogens with zero attached hydrogens (tertiary/aromatic N) is 1. The van der Waals surface area contributed by atoms with Gasteiger partial charge in [-0.15, -0.1) is 0 Å². The summed E-state index contributed by atoms with van der Waals surface area (Å²) < 4.78 is 25.9. The lowest BCUT2D eigenvalue weighted by Crippen LogP contribution is -2.31. The molecule has 0 bridgehead atoms. The fourth-order valence-corrected chi connectivity index (χ4v) is 3.59. The van der Waals surface area contributed by atoms with Crippen LogP contribution in [0, 0.1) is 5.82 Å². The van der Waals surface area contributed by atoms with Gasteiger partial charge in [0.05, 0.1) is 23.9 Å². The van der Waals surface area contributed by atoms with E-state index in [9.17, 15) is 9.18 Å². The van der Waals surface area contributed by atoms with Crippen LogP contribution in [0.4, 0.5) is 10.1 Å². The summed E-state index contributed by atoms with van der Waals surface area (Å²) in [6.07, 6.45) is 2.50. The van der Waals surface area contributed by atoms with Gasteiger partial charge < -0.3 is 14.8 Å². The Bertz CT molecular complexity index is 964. The van der Waals surface area contributed by atoms with E-state index in [1.807, 2.05) is 13.0 Å². The number of carbonyl (C=O) groups excluding carboxylic acids is 1. The van der Waals surface area contributed by atoms with E-state index in [2.05, 4.69) is 21.2 Å². The molecule has 1 saturated heterocycles. The first-order valence-corrected chi connectivity index (χ1v) is 9.78. The Balaban J connectivity index is 1.94. The number of ether oxygens (including phenoxy) is 2. The van der Waals surface area contributed by atoms with E-state index in [-0.39, 0.29) is 16.5 Å². The molecule has 3 rings (SSSR count). The zero-order valence-corrected chi connectivity index (χ0v) is 17.7. The Morgan fingerprint density at radius 1 is 1.32 bits per heavy atom. The van der Waals surface area contributed by atoms with Crippen molar-refractivity contribution in [1.29, 1.82) is 0 Å². The highest BCUT2D eigenvalue weighted by Gasteiger charge is 2.33. The minimum Gasteiger partial charge on any atom is -0.493 e. The van der Waals surface area contributed by atoms with Crippen LogP contribution >= 0.6 is 28.1 Å². The third-order valence-electron chi connectivity index (χ3n) is 3.98. The maximum Gasteiger partial charge on any atom is 0.281 e. The minimum atomic E-state index is -0.525. The van der Waals surface area contributed by atoms with Gasteiger partial charge in [0, 0.05) is 0 Å². The van der Waals surface area contributed by atoms with Gasteiger partial charge in [-0.2, -0.15) is 0 Å². The molecule has 2 aromatic carbocycles. The molecule has 1 amide bonds. The predicted octanol–water partition coefficient (Wildman–Crippen LogP) is 4.65. The molecule has 8 heteroatoms. The smallest absolute Gasteiger partial charge is 0.281 e. The SMILES string of the molecule is CCCOc1c(Br)cc(/C=C2\NC(=S)N(c3ccccc3F)C2=O)cc1OC. The number of benzene rings is 2. The van der Waals surface area contributed by atoms with Gasteiger partial charge in [-0.25, -0.2) is 9.29 Å². The maximum atomic E-state index is 14.1. The number of nitrogens with one attached hydrogen (secondary N) is 1. The summed E-state index contributed by atoms with van der Waals surface area (Å²) in [6, 6.07) is 9.55. The number of para-hydroxylation sites is 1. The van der Waals surface area contributed by atoms with Gasteiger partial charge in [-0.05, 0) is 70.5 Å². The number of hydrogen-bond donors (Lipinski definition) is 1. The Labute approximate surface area is 176 Å². The van der Waals surface area contributed by atoms with Crippen LogP contribution in [0.25, 0.3) is 6.08 Å². The summed E-state index contributed by atoms with van der Waals surface area (Å²) in [5.74, 6) is 0.175. The molecule has 2 aromatic rings. The molecule has 0 aromatic heterocycles. The molecule has 0 radical (unpaired) electrons. The molecule has 0 spiro atoms. The summed E-state index contributed by atoms with van der Waals surface area (Å²) in [4.78, 5) is 13.9. The Morgan fingerprint density at radius 2 is 2.07 bits per heavy atom. The number of methoxy groups -OCH3 is 1. The molecule has 1 heterocycles. The van der Waals surface area contributed by atoms with Crippen molar-refractivity contribution >= 4 is 50.9 Å². The van der Waals surface area contributed by atoms with E-state index in [0.717, 1.165) is 11.3 Å². The van der Waals surface area contributed by atoms with Crippen LogP contribution in [0.2, 0.25) is 0 Å². The van der Waals surface area contributed by atoms with E-state index in [1.165, 1.54) is 12.1 Å². The molecule has 146 valence electrons. The first-order chi connectivity index (χ1) is 13.5. The molecule has 1 aliphatic rings. The van der Waals surface area contributed by atoms with Crippen molar-refractivity contribution in [2.24, 2.45) is 0 Å². The van der Waals surface area contributed by atoms with Crippen molar-refractivity contribution in [1.82, 2.24) is 5.32 Å². The van der Waals surface area contributed by atoms with Gasteiger partial charge in [-0.3, -0.25) is 4.79 Å². The van der Waals surface area contributed by atoms with Gasteiger partial charge in [0.1, 0.15) is 11.5 Å². The average Bonchev–Trinajstić information content (AvgIpc) is 2.94. The maximum absolute atomic E-state index is 14.1. The van der Waals surface area contributed by atoms with Gasteiger partial charge >= 0.3 is 0 Å². The molecule has 5 nitrogen and oxygen atoms in total. The van der Waals surface area contributed by atoms with Crippen molar-refractivity contribution < 1.29 is 18.7 Å². The number of thiocarbonyl (C=S) groups is 1. The number of hydrogen-bond acceptors (Lipinski definition) is 4. The van der Waals surface area contributed by atoms with E-state index in [4.69, 9.17) is 21.7 Å². The van der Waals surface area contributed by atoms with Crippen LogP contribution in [0.5, 0.6) is 11.5 Å². The van der Waals surface area contributed by atoms with Crippen molar-refractivity contribution in [3.05, 3.63) is 57.9 Å². The quantitative estimate of drug-likeness (QED) is 0.498. The van der Waals surface area contributed by atoms with Gasteiger partial charge in [0.2, 0.25) is 0 Å². The molecular formula is C20H18BrFN2O3S. The lowest BCUT2D eigenvalue weighted by atomic mass is 10.1. The number of amides is 1. The molecule has 0 saturated carbocycles. The van der Waals surface area contributed by atoms with Crippen molar-refractivity contribution in [3.8, 4) is 11.5 Å². The highest BCUT2D eigenvalue weighted by molar-refractivity contribution is 9.10. The lowest BCUT2D eigenvalue weighted by molar-refractivity contribution is -0.113. The number of rotatable bonds is 6. The molecule has 1 N–H and O–H groups in total. The second-order valence-electron chi connectivity index (χ2n) is 5.96. The molecular weight excluding hydrogens is 447 g/mol. The highest BCUT2D eigenvalue weighted by Crippen LogP contribution is 2.37. The topological polar surface area (TPSA) is 50.8 Å². The summed E-state index contributed by atoms with van der Waals surface area (Å²) in [6.45, 7) is 2.57. The van der Waals surface area contributed by atoms with Crippen LogP contribution in [-0.2, 0) is 4.79 Å². The van der Waals surface area contributed by atoms with Gasteiger partial charge in [0.25, 0.3) is 5.91 Å². The largest absolute Gasteiger partial charge is 0.493 e. The van der Waals surface area contributed by atoms with E-state index in [1.54, 1.807) is 31.4 Å². The molecule has 1 fully saturated rings. The zero-order chi connectivity index (χ0) is 20.3. The summed E-state index contributed by atoms with van der Waals surface area (Å²) in [5, 5.41) is 2.97. The predicted molar refractivity (Wildman–Crippen MR) is 114 cm³/mol. The third kappa shape index (κ3) is 4.02. The van der Waals surface area contributed by atoms with E-state index in [0.29, 0.717) is 28.1 Å². The molecule has 0 aliphatic carbocycles. The molecule has 28 heavy (non-hydrogen) atoms. The fraction of sp³-hybridized carbons (Fsp3) is 0.200. The standard InChI is InChI=1S/C20H18BrFN2O3S/c1-3-8-27-18-13(21)9-12(11-17(18)26-2)10-15-19(25)24(20(28)23-15)16-7-5-4-6-14(16)22/h4-7,9-11H,3,8H2,1-2H3,(H,23,28)/b15-10-. The number of carbonyl (C=O) groups is 1. The van der Waals surface area contributed by atoms with E-state index < -0.39 is 11.7 Å². The monoisotopic (exact) mass is 464 g/mol. The number of anilines is 1. The van der Waals surface area contributed by atoms with Crippen LogP contribution in [0.1, 0.15) is 18.9 Å². The van der Waals surface area contributed by atoms with Gasteiger partial charge in [0.15, 0.2) is 16.6 Å². The number of halogens is 2. The van der Waals surface area contributed by atoms with Crippen molar-refractivity contribution in [2.75, 3.05) is 18.6 Å². The molecule has 0 atom stereocenters. The molecule has 1 aliphatic heterocycles. The lowest BCUT2D eigenvalue weighted by Gasteiger charge is -2.14. The second-order valence-corrected chi connectivity index (χ2v) is 7.20. The molecule has 0 unspecified atom stereocenters. The Hall–Kier alpha value is -2.45. The zero-order valence-electron chi connectivity index (χ0n) is 15.3. The summed E-state index contributed by atoms with van der Waals surface area (Å²) in [7, 11) is 1.55.